The number of anilines is 2. The van der Waals surface area contributed by atoms with E-state index in [0.717, 1.165) is 66.8 Å². The van der Waals surface area contributed by atoms with Crippen molar-refractivity contribution in [1.29, 1.82) is 0 Å². The molecule has 0 saturated heterocycles. The summed E-state index contributed by atoms with van der Waals surface area (Å²) in [6.45, 7) is 14.5. The number of imide groups is 2. The van der Waals surface area contributed by atoms with E-state index in [4.69, 9.17) is 9.47 Å². The first-order valence-electron chi connectivity index (χ1n) is 31.5. The van der Waals surface area contributed by atoms with Gasteiger partial charge < -0.3 is 9.47 Å². The largest absolute Gasteiger partial charge is 0.455 e. The topological polar surface area (TPSA) is 93.2 Å². The van der Waals surface area contributed by atoms with Crippen LogP contribution in [0.1, 0.15) is 130 Å². The molecule has 13 aromatic rings. The third kappa shape index (κ3) is 8.94. The standard InChI is InChI=1S/C83H64N2O6/c1-8-50-33-21-34-55(47(2)3)76(50)84-80(86)64-43-41-62-73-69(91-79-60(53-29-17-11-18-30-53)39-24-40-61(79)54-31-19-12-20-32-54)46-67-71-65(81(87)85(83(67)89)77-56(48(4)5)35-22-36-57(77)49(6)7)44-42-63(75(71)73)72-68(45-66(82(84)88)70(64)74(62)72)90-78-58(51-25-13-9-14-26-51)37-23-38-59(78)52-27-15-10-16-28-52/h9-49H,8H2,1-7H3. The quantitative estimate of drug-likeness (QED) is 0.0612. The molecule has 4 amide bonds. The van der Waals surface area contributed by atoms with Crippen molar-refractivity contribution in [3.05, 3.63) is 275 Å². The van der Waals surface area contributed by atoms with Gasteiger partial charge in [0.25, 0.3) is 23.6 Å². The number of ether oxygens (including phenoxy) is 2. The number of aryl methyl sites for hydroxylation is 1. The van der Waals surface area contributed by atoms with Crippen molar-refractivity contribution in [2.24, 2.45) is 0 Å². The Morgan fingerprint density at radius 1 is 0.308 bits per heavy atom. The first-order valence-corrected chi connectivity index (χ1v) is 31.5. The molecule has 0 fully saturated rings. The predicted molar refractivity (Wildman–Crippen MR) is 369 cm³/mol. The molecular weight excluding hydrogens is 1120 g/mol. The molecule has 15 rings (SSSR count). The Balaban J connectivity index is 1.11. The number of amides is 4. The Morgan fingerprint density at radius 2 is 0.626 bits per heavy atom. The molecule has 0 radical (unpaired) electrons. The summed E-state index contributed by atoms with van der Waals surface area (Å²) in [4.78, 5) is 67.4. The summed E-state index contributed by atoms with van der Waals surface area (Å²) in [6.07, 6.45) is 0.582. The van der Waals surface area contributed by atoms with E-state index in [1.165, 1.54) is 9.80 Å². The van der Waals surface area contributed by atoms with E-state index in [2.05, 4.69) is 90.1 Å². The molecule has 2 aliphatic heterocycles. The second kappa shape index (κ2) is 22.3. The number of nitrogens with zero attached hydrogens (tertiary/aromatic N) is 2. The molecule has 0 N–H and O–H groups in total. The van der Waals surface area contributed by atoms with E-state index in [0.29, 0.717) is 95.0 Å². The van der Waals surface area contributed by atoms with Gasteiger partial charge in [0.2, 0.25) is 0 Å². The molecule has 0 aromatic heterocycles. The van der Waals surface area contributed by atoms with Crippen molar-refractivity contribution in [2.45, 2.75) is 72.6 Å². The molecular formula is C83H64N2O6. The Bertz CT molecular complexity index is 5010. The van der Waals surface area contributed by atoms with Crippen molar-refractivity contribution in [2.75, 3.05) is 9.80 Å². The van der Waals surface area contributed by atoms with Gasteiger partial charge in [0.05, 0.1) is 22.5 Å². The second-order valence-corrected chi connectivity index (χ2v) is 24.8. The molecule has 8 nitrogen and oxygen atoms in total. The van der Waals surface area contributed by atoms with E-state index >= 15 is 19.2 Å². The Morgan fingerprint density at radius 3 is 0.978 bits per heavy atom. The third-order valence-electron chi connectivity index (χ3n) is 18.5. The fraction of sp³-hybridized carbons (Fsp3) is 0.133. The van der Waals surface area contributed by atoms with Gasteiger partial charge in [-0.2, -0.15) is 0 Å². The zero-order chi connectivity index (χ0) is 62.5. The minimum Gasteiger partial charge on any atom is -0.455 e. The van der Waals surface area contributed by atoms with Gasteiger partial charge in [-0.25, -0.2) is 9.80 Å². The molecule has 2 heterocycles. The van der Waals surface area contributed by atoms with Crippen LogP contribution in [0.4, 0.5) is 11.4 Å². The fourth-order valence-electron chi connectivity index (χ4n) is 14.3. The lowest BCUT2D eigenvalue weighted by Crippen LogP contribution is -2.42. The molecule has 2 aliphatic rings. The number of hydrogen-bond donors (Lipinski definition) is 0. The summed E-state index contributed by atoms with van der Waals surface area (Å²) < 4.78 is 15.5. The van der Waals surface area contributed by atoms with E-state index in [1.54, 1.807) is 0 Å². The van der Waals surface area contributed by atoms with Crippen molar-refractivity contribution >= 4 is 78.1 Å². The maximum atomic E-state index is 16.4. The highest BCUT2D eigenvalue weighted by atomic mass is 16.5. The average molecular weight is 1190 g/mol. The van der Waals surface area contributed by atoms with E-state index in [9.17, 15) is 0 Å². The van der Waals surface area contributed by atoms with E-state index in [1.807, 2.05) is 189 Å². The van der Waals surface area contributed by atoms with Crippen LogP contribution in [0.25, 0.3) is 87.6 Å². The maximum absolute atomic E-state index is 16.4. The molecule has 91 heavy (non-hydrogen) atoms. The Kier molecular flexibility index (Phi) is 13.8. The van der Waals surface area contributed by atoms with E-state index in [-0.39, 0.29) is 28.9 Å². The predicted octanol–water partition coefficient (Wildman–Crippen LogP) is 21.5. The first-order chi connectivity index (χ1) is 44.3. The molecule has 0 bridgehead atoms. The highest BCUT2D eigenvalue weighted by molar-refractivity contribution is 6.47. The first kappa shape index (κ1) is 56.5. The maximum Gasteiger partial charge on any atom is 0.266 e. The molecule has 8 heteroatoms. The summed E-state index contributed by atoms with van der Waals surface area (Å²) in [5.74, 6) is -0.174. The number of benzene rings is 13. The minimum atomic E-state index is -0.484. The van der Waals surface area contributed by atoms with Gasteiger partial charge in [0, 0.05) is 65.7 Å². The summed E-state index contributed by atoms with van der Waals surface area (Å²) >= 11 is 0. The van der Waals surface area contributed by atoms with Gasteiger partial charge in [-0.1, -0.05) is 255 Å². The summed E-state index contributed by atoms with van der Waals surface area (Å²) in [7, 11) is 0. The molecule has 0 saturated carbocycles. The lowest BCUT2D eigenvalue weighted by atomic mass is 9.80. The molecule has 13 aromatic carbocycles. The Hall–Kier alpha value is -11.0. The van der Waals surface area contributed by atoms with Gasteiger partial charge in [-0.3, -0.25) is 19.2 Å². The molecule has 0 unspecified atom stereocenters. The number of rotatable bonds is 14. The number of carbonyl (C=O) groups excluding carboxylic acids is 4. The van der Waals surface area contributed by atoms with Crippen LogP contribution in [-0.4, -0.2) is 23.6 Å². The SMILES string of the molecule is CCc1cccc(C(C)C)c1N1C(=O)c2ccc3c4c(Oc5c(-c6ccccc6)cccc5-c5ccccc5)cc5c6c(ccc(c7c(Oc8c(-c9ccccc9)cccc8-c8ccccc8)cc(c2c37)C1=O)c64)C(=O)N(c1c(C(C)C)cccc1C(C)C)C5=O. The highest BCUT2D eigenvalue weighted by Gasteiger charge is 2.42. The van der Waals surface area contributed by atoms with E-state index < -0.39 is 23.6 Å². The van der Waals surface area contributed by atoms with Gasteiger partial charge in [-0.15, -0.1) is 0 Å². The highest BCUT2D eigenvalue weighted by Crippen LogP contribution is 2.56. The van der Waals surface area contributed by atoms with Crippen LogP contribution in [-0.2, 0) is 6.42 Å². The molecule has 0 spiro atoms. The summed E-state index contributed by atoms with van der Waals surface area (Å²) in [5.41, 5.74) is 12.9. The fourth-order valence-corrected chi connectivity index (χ4v) is 14.3. The second-order valence-electron chi connectivity index (χ2n) is 24.8. The zero-order valence-electron chi connectivity index (χ0n) is 51.7. The van der Waals surface area contributed by atoms with Crippen LogP contribution >= 0.6 is 0 Å². The van der Waals surface area contributed by atoms with Crippen molar-refractivity contribution in [3.8, 4) is 67.5 Å². The minimum absolute atomic E-state index is 0.0248. The van der Waals surface area contributed by atoms with Gasteiger partial charge >= 0.3 is 0 Å². The van der Waals surface area contributed by atoms with Crippen LogP contribution in [0, 0.1) is 0 Å². The number of fused-ring (bicyclic) bond motifs is 2. The molecule has 0 atom stereocenters. The number of hydrogen-bond acceptors (Lipinski definition) is 6. The van der Waals surface area contributed by atoms with Crippen molar-refractivity contribution in [1.82, 2.24) is 0 Å². The van der Waals surface area contributed by atoms with Crippen LogP contribution in [0.5, 0.6) is 23.0 Å². The summed E-state index contributed by atoms with van der Waals surface area (Å²) in [6, 6.07) is 75.9. The normalized spacial score (nSPS) is 13.2. The van der Waals surface area contributed by atoms with Gasteiger partial charge in [0.1, 0.15) is 23.0 Å². The summed E-state index contributed by atoms with van der Waals surface area (Å²) in [5, 5.41) is 4.57. The Labute approximate surface area is 528 Å². The molecule has 442 valence electrons. The van der Waals surface area contributed by atoms with Gasteiger partial charge in [-0.05, 0) is 104 Å². The van der Waals surface area contributed by atoms with Crippen LogP contribution in [0.3, 0.4) is 0 Å². The third-order valence-corrected chi connectivity index (χ3v) is 18.5. The lowest BCUT2D eigenvalue weighted by molar-refractivity contribution is 0.0877. The number of carbonyl (C=O) groups is 4. The smallest absolute Gasteiger partial charge is 0.266 e. The van der Waals surface area contributed by atoms with Gasteiger partial charge in [0.15, 0.2) is 0 Å². The van der Waals surface area contributed by atoms with Crippen LogP contribution in [0.15, 0.2) is 231 Å². The van der Waals surface area contributed by atoms with Crippen LogP contribution < -0.4 is 19.3 Å². The average Bonchev–Trinajstić information content (AvgIpc) is 0.680. The van der Waals surface area contributed by atoms with Crippen LogP contribution in [0.2, 0.25) is 0 Å². The zero-order valence-corrected chi connectivity index (χ0v) is 51.7. The van der Waals surface area contributed by atoms with Crippen molar-refractivity contribution in [3.63, 3.8) is 0 Å². The monoisotopic (exact) mass is 1180 g/mol. The van der Waals surface area contributed by atoms with Crippen molar-refractivity contribution < 1.29 is 28.7 Å². The number of para-hydroxylation sites is 4. The molecule has 0 aliphatic carbocycles. The lowest BCUT2D eigenvalue weighted by Gasteiger charge is -2.34.